The van der Waals surface area contributed by atoms with Crippen LogP contribution in [0.5, 0.6) is 0 Å². The first-order valence-corrected chi connectivity index (χ1v) is 12.1. The Kier molecular flexibility index (Phi) is 5.62. The molecule has 3 heterocycles. The van der Waals surface area contributed by atoms with Gasteiger partial charge in [-0.05, 0) is 42.5 Å². The van der Waals surface area contributed by atoms with Crippen LogP contribution in [0.3, 0.4) is 0 Å². The van der Waals surface area contributed by atoms with Crippen molar-refractivity contribution in [1.82, 2.24) is 15.1 Å². The van der Waals surface area contributed by atoms with Gasteiger partial charge < -0.3 is 15.7 Å². The molecule has 0 spiro atoms. The molecule has 40 heavy (non-hydrogen) atoms. The molecule has 3 amide bonds. The van der Waals surface area contributed by atoms with Crippen LogP contribution in [0.2, 0.25) is 5.02 Å². The Balaban J connectivity index is 1.48. The van der Waals surface area contributed by atoms with E-state index in [4.69, 9.17) is 11.6 Å². The minimum atomic E-state index is -5.23. The van der Waals surface area contributed by atoms with Crippen LogP contribution in [0.1, 0.15) is 33.1 Å². The molecule has 6 rings (SSSR count). The Morgan fingerprint density at radius 1 is 1.18 bits per heavy atom. The lowest BCUT2D eigenvalue weighted by Crippen LogP contribution is -2.48. The third kappa shape index (κ3) is 3.79. The van der Waals surface area contributed by atoms with Gasteiger partial charge in [-0.15, -0.1) is 0 Å². The molecule has 1 aromatic heterocycles. The molecule has 0 aliphatic carbocycles. The molecule has 2 aliphatic rings. The van der Waals surface area contributed by atoms with E-state index in [1.54, 1.807) is 13.2 Å². The number of fused-ring (bicyclic) bond motifs is 4. The molecule has 3 aromatic carbocycles. The number of carbonyl (C=O) groups is 2. The van der Waals surface area contributed by atoms with Gasteiger partial charge in [0.1, 0.15) is 17.2 Å². The van der Waals surface area contributed by atoms with Gasteiger partial charge in [-0.2, -0.15) is 18.3 Å². The lowest BCUT2D eigenvalue weighted by Gasteiger charge is -2.27. The van der Waals surface area contributed by atoms with Gasteiger partial charge in [-0.25, -0.2) is 13.6 Å². The van der Waals surface area contributed by atoms with Crippen LogP contribution in [0.15, 0.2) is 48.7 Å². The molecule has 2 atom stereocenters. The highest BCUT2D eigenvalue weighted by atomic mass is 35.5. The van der Waals surface area contributed by atoms with Crippen molar-refractivity contribution in [2.75, 3.05) is 16.8 Å². The molecule has 0 saturated carbocycles. The average molecular weight is 578 g/mol. The number of aromatic nitrogens is 2. The monoisotopic (exact) mass is 577 g/mol. The van der Waals surface area contributed by atoms with Crippen LogP contribution in [0, 0.1) is 11.6 Å². The zero-order chi connectivity index (χ0) is 28.7. The van der Waals surface area contributed by atoms with Crippen molar-refractivity contribution in [2.24, 2.45) is 7.05 Å². The molecule has 0 radical (unpaired) electrons. The fourth-order valence-electron chi connectivity index (χ4n) is 5.26. The molecule has 0 bridgehead atoms. The number of aliphatic hydroxyl groups is 1. The SMILES string of the molecule is Cn1cc2cc(NC(=O)N3C[C@@](O)(C(F)(F)F)c4cc(F)ccc43)c3c(c2n1)C(=O)N[C@@H]3c1cc(F)ccc1Cl. The molecule has 8 nitrogen and oxygen atoms in total. The van der Waals surface area contributed by atoms with Gasteiger partial charge in [-0.3, -0.25) is 14.4 Å². The van der Waals surface area contributed by atoms with Gasteiger partial charge >= 0.3 is 12.2 Å². The number of urea groups is 1. The molecule has 0 unspecified atom stereocenters. The zero-order valence-corrected chi connectivity index (χ0v) is 21.0. The van der Waals surface area contributed by atoms with Crippen molar-refractivity contribution in [3.63, 3.8) is 0 Å². The smallest absolute Gasteiger partial charge is 0.375 e. The number of β-amino-alcohol motifs (C(OH)–C–C–N with tert-alkyl or cyclic N) is 1. The van der Waals surface area contributed by atoms with Crippen LogP contribution in [-0.2, 0) is 12.6 Å². The number of nitrogens with zero attached hydrogens (tertiary/aromatic N) is 3. The van der Waals surface area contributed by atoms with Crippen molar-refractivity contribution >= 4 is 45.8 Å². The maximum atomic E-state index is 14.2. The summed E-state index contributed by atoms with van der Waals surface area (Å²) in [4.78, 5) is 27.3. The first-order valence-electron chi connectivity index (χ1n) is 11.7. The normalized spacial score (nSPS) is 20.1. The van der Waals surface area contributed by atoms with Crippen molar-refractivity contribution < 1.29 is 36.6 Å². The summed E-state index contributed by atoms with van der Waals surface area (Å²) < 4.78 is 71.2. The summed E-state index contributed by atoms with van der Waals surface area (Å²) in [7, 11) is 1.61. The fraction of sp³-hybridized carbons (Fsp3) is 0.192. The lowest BCUT2D eigenvalue weighted by molar-refractivity contribution is -0.258. The molecule has 0 saturated heterocycles. The molecular formula is C26H17ClF5N5O3. The van der Waals surface area contributed by atoms with E-state index in [0.717, 1.165) is 24.3 Å². The molecule has 206 valence electrons. The largest absolute Gasteiger partial charge is 0.423 e. The van der Waals surface area contributed by atoms with Gasteiger partial charge in [0.05, 0.1) is 23.8 Å². The highest BCUT2D eigenvalue weighted by Gasteiger charge is 2.61. The number of nitrogens with one attached hydrogen (secondary N) is 2. The second-order valence-corrected chi connectivity index (χ2v) is 9.97. The third-order valence-electron chi connectivity index (χ3n) is 7.05. The predicted octanol–water partition coefficient (Wildman–Crippen LogP) is 5.14. The van der Waals surface area contributed by atoms with E-state index >= 15 is 0 Å². The van der Waals surface area contributed by atoms with Crippen LogP contribution in [0.4, 0.5) is 38.1 Å². The molecule has 0 fully saturated rings. The summed E-state index contributed by atoms with van der Waals surface area (Å²) in [5.74, 6) is -2.25. The Hall–Kier alpha value is -4.23. The van der Waals surface area contributed by atoms with Crippen LogP contribution < -0.4 is 15.5 Å². The number of benzene rings is 3. The first-order chi connectivity index (χ1) is 18.8. The summed E-state index contributed by atoms with van der Waals surface area (Å²) in [5.41, 5.74) is -4.00. The number of rotatable bonds is 2. The summed E-state index contributed by atoms with van der Waals surface area (Å²) >= 11 is 6.32. The van der Waals surface area contributed by atoms with E-state index in [-0.39, 0.29) is 38.6 Å². The van der Waals surface area contributed by atoms with E-state index < -0.39 is 53.5 Å². The summed E-state index contributed by atoms with van der Waals surface area (Å²) in [5, 5.41) is 20.6. The molecule has 14 heteroatoms. The van der Waals surface area contributed by atoms with Crippen LogP contribution in [-0.4, -0.2) is 39.5 Å². The number of carbonyl (C=O) groups excluding carboxylic acids is 2. The van der Waals surface area contributed by atoms with Gasteiger partial charge in [0.15, 0.2) is 0 Å². The quantitative estimate of drug-likeness (QED) is 0.287. The molecular weight excluding hydrogens is 561 g/mol. The zero-order valence-electron chi connectivity index (χ0n) is 20.3. The Morgan fingerprint density at radius 3 is 2.60 bits per heavy atom. The minimum absolute atomic E-state index is 0.00953. The maximum absolute atomic E-state index is 14.2. The van der Waals surface area contributed by atoms with Crippen molar-refractivity contribution in [3.8, 4) is 0 Å². The van der Waals surface area contributed by atoms with Gasteiger partial charge in [0.2, 0.25) is 5.60 Å². The summed E-state index contributed by atoms with van der Waals surface area (Å²) in [6.45, 7) is -1.24. The summed E-state index contributed by atoms with van der Waals surface area (Å²) in [6.07, 6.45) is -3.66. The third-order valence-corrected chi connectivity index (χ3v) is 7.40. The number of amides is 3. The Labute approximate surface area is 226 Å². The fourth-order valence-corrected chi connectivity index (χ4v) is 5.49. The molecule has 2 aliphatic heterocycles. The van der Waals surface area contributed by atoms with Gasteiger partial charge in [0, 0.05) is 46.0 Å². The maximum Gasteiger partial charge on any atom is 0.423 e. The van der Waals surface area contributed by atoms with E-state index in [2.05, 4.69) is 15.7 Å². The number of aryl methyl sites for hydroxylation is 1. The van der Waals surface area contributed by atoms with Crippen molar-refractivity contribution in [1.29, 1.82) is 0 Å². The Morgan fingerprint density at radius 2 is 1.88 bits per heavy atom. The van der Waals surface area contributed by atoms with E-state index in [1.807, 2.05) is 0 Å². The number of hydrogen-bond donors (Lipinski definition) is 3. The van der Waals surface area contributed by atoms with Gasteiger partial charge in [0.25, 0.3) is 5.91 Å². The number of hydrogen-bond acceptors (Lipinski definition) is 4. The molecule has 3 N–H and O–H groups in total. The van der Waals surface area contributed by atoms with E-state index in [0.29, 0.717) is 16.4 Å². The average Bonchev–Trinajstić information content (AvgIpc) is 3.51. The van der Waals surface area contributed by atoms with Crippen molar-refractivity contribution in [3.05, 3.63) is 87.6 Å². The minimum Gasteiger partial charge on any atom is -0.375 e. The van der Waals surface area contributed by atoms with Crippen LogP contribution >= 0.6 is 11.6 Å². The highest BCUT2D eigenvalue weighted by molar-refractivity contribution is 6.31. The number of halogens is 6. The van der Waals surface area contributed by atoms with E-state index in [1.165, 1.54) is 16.8 Å². The Bertz CT molecular complexity index is 1760. The second-order valence-electron chi connectivity index (χ2n) is 9.56. The standard InChI is InChI=1S/C26H17ClF5N5O3/c1-36-9-11-6-17(19-20(21(11)35-36)23(38)34-22(19)14-7-12(28)2-4-16(14)27)33-24(39)37-10-25(40,26(30,31)32)15-8-13(29)3-5-18(15)37/h2-9,22,40H,10H2,1H3,(H,33,39)(H,34,38)/t22-,25+/m1/s1. The van der Waals surface area contributed by atoms with Crippen LogP contribution in [0.25, 0.3) is 10.9 Å². The topological polar surface area (TPSA) is 99.5 Å². The second kappa shape index (κ2) is 8.63. The molecule has 4 aromatic rings. The number of anilines is 2. The van der Waals surface area contributed by atoms with Crippen molar-refractivity contribution in [2.45, 2.75) is 17.8 Å². The first kappa shape index (κ1) is 26.0. The van der Waals surface area contributed by atoms with Gasteiger partial charge in [-0.1, -0.05) is 11.6 Å². The number of alkyl halides is 3. The predicted molar refractivity (Wildman–Crippen MR) is 134 cm³/mol. The van der Waals surface area contributed by atoms with E-state index in [9.17, 15) is 36.6 Å². The highest BCUT2D eigenvalue weighted by Crippen LogP contribution is 2.49. The lowest BCUT2D eigenvalue weighted by atomic mass is 9.94. The summed E-state index contributed by atoms with van der Waals surface area (Å²) in [6, 6.07) is 5.23.